The Hall–Kier alpha value is -1.77. The van der Waals surface area contributed by atoms with Gasteiger partial charge in [-0.05, 0) is 46.7 Å². The Balaban J connectivity index is 2.57. The number of rotatable bonds is 1. The number of hydrogen-bond acceptors (Lipinski definition) is 0. The van der Waals surface area contributed by atoms with Gasteiger partial charge in [0.25, 0.3) is 0 Å². The van der Waals surface area contributed by atoms with Crippen LogP contribution in [0.2, 0.25) is 0 Å². The van der Waals surface area contributed by atoms with Crippen LogP contribution >= 0.6 is 0 Å². The molecule has 0 spiro atoms. The minimum Gasteiger partial charge on any atom is -0.166 e. The first-order valence-electron chi connectivity index (χ1n) is 6.88. The number of hydrogen-bond donors (Lipinski definition) is 0. The van der Waals surface area contributed by atoms with Crippen LogP contribution in [0.3, 0.4) is 0 Å². The maximum absolute atomic E-state index is 12.7. The summed E-state index contributed by atoms with van der Waals surface area (Å²) in [6.45, 7) is 8.31. The third-order valence-electron chi connectivity index (χ3n) is 3.58. The summed E-state index contributed by atoms with van der Waals surface area (Å²) < 4.78 is 38.0. The van der Waals surface area contributed by atoms with Crippen molar-refractivity contribution in [2.75, 3.05) is 0 Å². The summed E-state index contributed by atoms with van der Waals surface area (Å²) in [5, 5.41) is 0. The van der Waals surface area contributed by atoms with E-state index in [2.05, 4.69) is 20.8 Å². The van der Waals surface area contributed by atoms with Gasteiger partial charge < -0.3 is 0 Å². The first kappa shape index (κ1) is 15.6. The summed E-state index contributed by atoms with van der Waals surface area (Å²) in [7, 11) is 0. The van der Waals surface area contributed by atoms with E-state index in [1.165, 1.54) is 0 Å². The average Bonchev–Trinajstić information content (AvgIpc) is 2.36. The molecule has 3 heteroatoms. The van der Waals surface area contributed by atoms with Gasteiger partial charge in [-0.25, -0.2) is 0 Å². The van der Waals surface area contributed by atoms with Crippen molar-refractivity contribution in [3.05, 3.63) is 59.2 Å². The van der Waals surface area contributed by atoms with Gasteiger partial charge in [0.2, 0.25) is 0 Å². The van der Waals surface area contributed by atoms with Crippen LogP contribution in [0.1, 0.15) is 37.5 Å². The van der Waals surface area contributed by atoms with Crippen molar-refractivity contribution in [1.82, 2.24) is 0 Å². The van der Waals surface area contributed by atoms with Crippen LogP contribution in [-0.2, 0) is 11.6 Å². The van der Waals surface area contributed by atoms with E-state index < -0.39 is 11.7 Å². The van der Waals surface area contributed by atoms with Crippen molar-refractivity contribution in [1.29, 1.82) is 0 Å². The molecule has 21 heavy (non-hydrogen) atoms. The summed E-state index contributed by atoms with van der Waals surface area (Å²) in [6, 6.07) is 11.4. The number of alkyl halides is 3. The first-order valence-corrected chi connectivity index (χ1v) is 6.88. The first-order chi connectivity index (χ1) is 9.60. The van der Waals surface area contributed by atoms with Crippen LogP contribution in [-0.4, -0.2) is 0 Å². The molecule has 0 aromatic heterocycles. The van der Waals surface area contributed by atoms with Crippen molar-refractivity contribution in [2.45, 2.75) is 39.3 Å². The van der Waals surface area contributed by atoms with Crippen molar-refractivity contribution in [3.8, 4) is 11.1 Å². The van der Waals surface area contributed by atoms with Gasteiger partial charge in [0.1, 0.15) is 0 Å². The Labute approximate surface area is 123 Å². The van der Waals surface area contributed by atoms with Crippen LogP contribution in [0.15, 0.2) is 42.5 Å². The molecule has 0 saturated carbocycles. The Kier molecular flexibility index (Phi) is 3.87. The van der Waals surface area contributed by atoms with Crippen molar-refractivity contribution in [3.63, 3.8) is 0 Å². The maximum Gasteiger partial charge on any atom is 0.416 e. The van der Waals surface area contributed by atoms with Gasteiger partial charge in [-0.15, -0.1) is 0 Å². The molecule has 0 heterocycles. The Morgan fingerprint density at radius 2 is 1.38 bits per heavy atom. The molecule has 0 N–H and O–H groups in total. The molecule has 0 atom stereocenters. The minimum atomic E-state index is -4.29. The SMILES string of the molecule is Cc1cccc(C(C)(C)C)c1-c1ccc(C(F)(F)F)cc1. The smallest absolute Gasteiger partial charge is 0.166 e. The van der Waals surface area contributed by atoms with Gasteiger partial charge in [0.15, 0.2) is 0 Å². The topological polar surface area (TPSA) is 0 Å². The fraction of sp³-hybridized carbons (Fsp3) is 0.333. The van der Waals surface area contributed by atoms with E-state index in [0.29, 0.717) is 0 Å². The maximum atomic E-state index is 12.7. The predicted octanol–water partition coefficient (Wildman–Crippen LogP) is 5.98. The lowest BCUT2D eigenvalue weighted by Crippen LogP contribution is -2.13. The van der Waals surface area contributed by atoms with E-state index in [1.807, 2.05) is 25.1 Å². The lowest BCUT2D eigenvalue weighted by molar-refractivity contribution is -0.137. The van der Waals surface area contributed by atoms with Gasteiger partial charge in [0, 0.05) is 0 Å². The van der Waals surface area contributed by atoms with Gasteiger partial charge >= 0.3 is 6.18 Å². The molecule has 0 radical (unpaired) electrons. The summed E-state index contributed by atoms with van der Waals surface area (Å²) >= 11 is 0. The van der Waals surface area contributed by atoms with Crippen LogP contribution in [0.4, 0.5) is 13.2 Å². The number of halogens is 3. The molecular weight excluding hydrogens is 273 g/mol. The second-order valence-electron chi connectivity index (χ2n) is 6.32. The normalized spacial score (nSPS) is 12.5. The van der Waals surface area contributed by atoms with Crippen molar-refractivity contribution >= 4 is 0 Å². The molecule has 0 nitrogen and oxygen atoms in total. The highest BCUT2D eigenvalue weighted by molar-refractivity contribution is 5.72. The third kappa shape index (κ3) is 3.29. The second-order valence-corrected chi connectivity index (χ2v) is 6.32. The Morgan fingerprint density at radius 3 is 1.86 bits per heavy atom. The molecule has 2 aromatic carbocycles. The summed E-state index contributed by atoms with van der Waals surface area (Å²) in [6.07, 6.45) is -4.29. The molecule has 2 rings (SSSR count). The molecule has 0 bridgehead atoms. The van der Waals surface area contributed by atoms with Gasteiger partial charge in [-0.1, -0.05) is 51.1 Å². The molecule has 0 unspecified atom stereocenters. The van der Waals surface area contributed by atoms with Crippen LogP contribution < -0.4 is 0 Å². The standard InChI is InChI=1S/C18H19F3/c1-12-6-5-7-15(17(2,3)4)16(12)13-8-10-14(11-9-13)18(19,20)21/h5-11H,1-4H3. The highest BCUT2D eigenvalue weighted by Crippen LogP contribution is 2.37. The Morgan fingerprint density at radius 1 is 0.810 bits per heavy atom. The van der Waals surface area contributed by atoms with Crippen LogP contribution in [0.5, 0.6) is 0 Å². The lowest BCUT2D eigenvalue weighted by Gasteiger charge is -2.24. The summed E-state index contributed by atoms with van der Waals surface area (Å²) in [5.41, 5.74) is 3.38. The monoisotopic (exact) mass is 292 g/mol. The molecule has 112 valence electrons. The molecule has 0 aliphatic rings. The van der Waals surface area contributed by atoms with E-state index in [9.17, 15) is 13.2 Å². The summed E-state index contributed by atoms with van der Waals surface area (Å²) in [5.74, 6) is 0. The zero-order valence-corrected chi connectivity index (χ0v) is 12.7. The van der Waals surface area contributed by atoms with Crippen molar-refractivity contribution < 1.29 is 13.2 Å². The highest BCUT2D eigenvalue weighted by atomic mass is 19.4. The molecule has 2 aromatic rings. The number of aryl methyl sites for hydroxylation is 1. The summed E-state index contributed by atoms with van der Waals surface area (Å²) in [4.78, 5) is 0. The Bertz CT molecular complexity index is 629. The largest absolute Gasteiger partial charge is 0.416 e. The fourth-order valence-electron chi connectivity index (χ4n) is 2.50. The van der Waals surface area contributed by atoms with Crippen LogP contribution in [0.25, 0.3) is 11.1 Å². The van der Waals surface area contributed by atoms with E-state index in [-0.39, 0.29) is 5.41 Å². The van der Waals surface area contributed by atoms with Crippen molar-refractivity contribution in [2.24, 2.45) is 0 Å². The van der Waals surface area contributed by atoms with E-state index in [4.69, 9.17) is 0 Å². The zero-order chi connectivity index (χ0) is 15.8. The molecule has 0 fully saturated rings. The van der Waals surface area contributed by atoms with Gasteiger partial charge in [-0.3, -0.25) is 0 Å². The molecule has 0 aliphatic carbocycles. The highest BCUT2D eigenvalue weighted by Gasteiger charge is 2.30. The minimum absolute atomic E-state index is 0.0654. The second kappa shape index (κ2) is 5.21. The fourth-order valence-corrected chi connectivity index (χ4v) is 2.50. The van der Waals surface area contributed by atoms with E-state index >= 15 is 0 Å². The quantitative estimate of drug-likeness (QED) is 0.606. The predicted molar refractivity (Wildman–Crippen MR) is 80.3 cm³/mol. The molecule has 0 saturated heterocycles. The molecular formula is C18H19F3. The van der Waals surface area contributed by atoms with Gasteiger partial charge in [0.05, 0.1) is 5.56 Å². The zero-order valence-electron chi connectivity index (χ0n) is 12.7. The lowest BCUT2D eigenvalue weighted by atomic mass is 9.80. The molecule has 0 aliphatic heterocycles. The third-order valence-corrected chi connectivity index (χ3v) is 3.58. The van der Waals surface area contributed by atoms with E-state index in [1.54, 1.807) is 12.1 Å². The molecule has 0 amide bonds. The average molecular weight is 292 g/mol. The van der Waals surface area contributed by atoms with E-state index in [0.717, 1.165) is 34.4 Å². The van der Waals surface area contributed by atoms with Gasteiger partial charge in [-0.2, -0.15) is 13.2 Å². The number of benzene rings is 2. The van der Waals surface area contributed by atoms with Crippen LogP contribution in [0, 0.1) is 6.92 Å².